The van der Waals surface area contributed by atoms with Gasteiger partial charge in [0, 0.05) is 42.9 Å². The van der Waals surface area contributed by atoms with Crippen LogP contribution in [0.4, 0.5) is 13.2 Å². The number of alkyl halides is 3. The summed E-state index contributed by atoms with van der Waals surface area (Å²) in [4.78, 5) is 39.0. The van der Waals surface area contributed by atoms with E-state index in [-0.39, 0.29) is 34.9 Å². The number of carbonyl (C=O) groups is 1. The number of benzene rings is 2. The zero-order valence-electron chi connectivity index (χ0n) is 25.1. The Balaban J connectivity index is 1.43. The van der Waals surface area contributed by atoms with Gasteiger partial charge >= 0.3 is 6.18 Å². The molecule has 2 aliphatic heterocycles. The Morgan fingerprint density at radius 2 is 1.76 bits per heavy atom. The molecule has 0 radical (unpaired) electrons. The largest absolute Gasteiger partial charge is 0.416 e. The van der Waals surface area contributed by atoms with Crippen molar-refractivity contribution < 1.29 is 22.7 Å². The maximum atomic E-state index is 14.2. The molecule has 2 aliphatic rings. The maximum Gasteiger partial charge on any atom is 0.416 e. The highest BCUT2D eigenvalue weighted by Gasteiger charge is 2.32. The number of likely N-dealkylation sites (tertiary alicyclic amines) is 1. The molecule has 1 atom stereocenters. The van der Waals surface area contributed by atoms with Crippen LogP contribution >= 0.6 is 0 Å². The van der Waals surface area contributed by atoms with Crippen LogP contribution in [0.5, 0.6) is 0 Å². The molecule has 0 saturated carbocycles. The third-order valence-electron chi connectivity index (χ3n) is 8.81. The maximum absolute atomic E-state index is 14.2. The molecule has 45 heavy (non-hydrogen) atoms. The number of aromatic amines is 1. The number of morpholine rings is 1. The lowest BCUT2D eigenvalue weighted by Crippen LogP contribution is -2.48. The normalized spacial score (nSPS) is 17.8. The van der Waals surface area contributed by atoms with Gasteiger partial charge in [-0.1, -0.05) is 42.5 Å². The molecule has 2 N–H and O–H groups in total. The molecule has 4 heterocycles. The average molecular weight is 620 g/mol. The smallest absolute Gasteiger partial charge is 0.379 e. The van der Waals surface area contributed by atoms with E-state index < -0.39 is 23.2 Å². The molecule has 4 aromatic rings. The molecule has 1 amide bonds. The fourth-order valence-corrected chi connectivity index (χ4v) is 6.40. The molecule has 2 saturated heterocycles. The monoisotopic (exact) mass is 619 g/mol. The second kappa shape index (κ2) is 13.1. The Bertz CT molecular complexity index is 1710. The summed E-state index contributed by atoms with van der Waals surface area (Å²) in [6.07, 6.45) is -2.71. The number of fused-ring (bicyclic) bond motifs is 1. The number of ether oxygens (including phenoxy) is 1. The summed E-state index contributed by atoms with van der Waals surface area (Å²) in [5.74, 6) is -0.438. The van der Waals surface area contributed by atoms with Crippen molar-refractivity contribution in [3.8, 4) is 11.3 Å². The van der Waals surface area contributed by atoms with Gasteiger partial charge in [-0.3, -0.25) is 19.4 Å². The number of amides is 1. The van der Waals surface area contributed by atoms with Crippen molar-refractivity contribution in [1.82, 2.24) is 25.1 Å². The van der Waals surface area contributed by atoms with Gasteiger partial charge in [0.05, 0.1) is 47.1 Å². The summed E-state index contributed by atoms with van der Waals surface area (Å²) in [6, 6.07) is 17.4. The minimum Gasteiger partial charge on any atom is -0.379 e. The molecule has 1 unspecified atom stereocenters. The van der Waals surface area contributed by atoms with Gasteiger partial charge in [0.1, 0.15) is 0 Å². The molecular formula is C34H36F3N5O3. The van der Waals surface area contributed by atoms with Gasteiger partial charge in [0.2, 0.25) is 5.56 Å². The van der Waals surface area contributed by atoms with Crippen molar-refractivity contribution in [2.75, 3.05) is 39.4 Å². The first-order valence-corrected chi connectivity index (χ1v) is 15.3. The van der Waals surface area contributed by atoms with Gasteiger partial charge in [-0.25, -0.2) is 4.98 Å². The van der Waals surface area contributed by atoms with Gasteiger partial charge in [0.25, 0.3) is 5.91 Å². The van der Waals surface area contributed by atoms with Crippen molar-refractivity contribution in [2.45, 2.75) is 44.6 Å². The molecule has 2 aromatic carbocycles. The SMILES string of the molecule is CC(NC(=O)c1c(CN2CCC(N3CCOCC3)CC2)c(-c2cccc(C(F)(F)F)c2)nc2ccc(=O)[nH]c12)c1ccccc1. The van der Waals surface area contributed by atoms with E-state index in [0.717, 1.165) is 69.9 Å². The second-order valence-electron chi connectivity index (χ2n) is 11.7. The van der Waals surface area contributed by atoms with Crippen LogP contribution in [-0.4, -0.2) is 71.1 Å². The van der Waals surface area contributed by atoms with E-state index in [9.17, 15) is 22.8 Å². The Kier molecular flexibility index (Phi) is 9.02. The number of hydrogen-bond donors (Lipinski definition) is 2. The van der Waals surface area contributed by atoms with Crippen molar-refractivity contribution in [3.63, 3.8) is 0 Å². The van der Waals surface area contributed by atoms with Gasteiger partial charge in [-0.15, -0.1) is 0 Å². The number of piperidine rings is 1. The number of H-pyrrole nitrogens is 1. The van der Waals surface area contributed by atoms with Crippen molar-refractivity contribution >= 4 is 16.9 Å². The fraction of sp³-hybridized carbons (Fsp3) is 0.382. The Hall–Kier alpha value is -4.06. The van der Waals surface area contributed by atoms with Crippen molar-refractivity contribution in [1.29, 1.82) is 0 Å². The Morgan fingerprint density at radius 1 is 1.02 bits per heavy atom. The first-order valence-electron chi connectivity index (χ1n) is 15.3. The van der Waals surface area contributed by atoms with Crippen LogP contribution in [0.1, 0.15) is 52.9 Å². The summed E-state index contributed by atoms with van der Waals surface area (Å²) >= 11 is 0. The molecule has 0 spiro atoms. The predicted molar refractivity (Wildman–Crippen MR) is 166 cm³/mol. The van der Waals surface area contributed by atoms with E-state index in [4.69, 9.17) is 9.72 Å². The summed E-state index contributed by atoms with van der Waals surface area (Å²) in [5, 5.41) is 3.06. The van der Waals surface area contributed by atoms with Gasteiger partial charge in [0.15, 0.2) is 0 Å². The number of aromatic nitrogens is 2. The van der Waals surface area contributed by atoms with Crippen LogP contribution in [0.15, 0.2) is 71.5 Å². The van der Waals surface area contributed by atoms with Crippen LogP contribution < -0.4 is 10.9 Å². The Morgan fingerprint density at radius 3 is 2.47 bits per heavy atom. The number of nitrogens with one attached hydrogen (secondary N) is 2. The van der Waals surface area contributed by atoms with Gasteiger partial charge in [-0.05, 0) is 56.6 Å². The second-order valence-corrected chi connectivity index (χ2v) is 11.7. The number of hydrogen-bond acceptors (Lipinski definition) is 6. The molecule has 11 heteroatoms. The first-order chi connectivity index (χ1) is 21.7. The minimum atomic E-state index is -4.55. The Labute approximate surface area is 259 Å². The van der Waals surface area contributed by atoms with Gasteiger partial charge < -0.3 is 15.0 Å². The van der Waals surface area contributed by atoms with Crippen LogP contribution in [0.25, 0.3) is 22.3 Å². The van der Waals surface area contributed by atoms with E-state index in [2.05, 4.69) is 20.1 Å². The summed E-state index contributed by atoms with van der Waals surface area (Å²) < 4.78 is 47.0. The number of carbonyl (C=O) groups excluding carboxylic acids is 1. The molecule has 0 aliphatic carbocycles. The highest BCUT2D eigenvalue weighted by atomic mass is 19.4. The molecule has 236 valence electrons. The zero-order chi connectivity index (χ0) is 31.6. The molecule has 6 rings (SSSR count). The van der Waals surface area contributed by atoms with E-state index in [1.165, 1.54) is 18.2 Å². The third kappa shape index (κ3) is 6.95. The van der Waals surface area contributed by atoms with Crippen LogP contribution in [0.2, 0.25) is 0 Å². The topological polar surface area (TPSA) is 90.6 Å². The lowest BCUT2D eigenvalue weighted by atomic mass is 9.95. The van der Waals surface area contributed by atoms with E-state index in [1.54, 1.807) is 6.07 Å². The molecule has 0 bridgehead atoms. The zero-order valence-corrected chi connectivity index (χ0v) is 25.1. The van der Waals surface area contributed by atoms with Crippen LogP contribution in [0, 0.1) is 0 Å². The predicted octanol–water partition coefficient (Wildman–Crippen LogP) is 5.40. The minimum absolute atomic E-state index is 0.211. The molecule has 2 aromatic heterocycles. The number of rotatable bonds is 7. The highest BCUT2D eigenvalue weighted by Crippen LogP contribution is 2.36. The van der Waals surface area contributed by atoms with E-state index in [1.807, 2.05) is 37.3 Å². The lowest BCUT2D eigenvalue weighted by molar-refractivity contribution is -0.137. The summed E-state index contributed by atoms with van der Waals surface area (Å²) in [6.45, 7) is 6.88. The van der Waals surface area contributed by atoms with Crippen molar-refractivity contribution in [2.24, 2.45) is 0 Å². The van der Waals surface area contributed by atoms with E-state index >= 15 is 0 Å². The number of halogens is 3. The van der Waals surface area contributed by atoms with Crippen molar-refractivity contribution in [3.05, 3.63) is 99.3 Å². The third-order valence-corrected chi connectivity index (χ3v) is 8.81. The average Bonchev–Trinajstić information content (AvgIpc) is 3.05. The summed E-state index contributed by atoms with van der Waals surface area (Å²) in [7, 11) is 0. The number of pyridine rings is 2. The lowest BCUT2D eigenvalue weighted by Gasteiger charge is -2.40. The van der Waals surface area contributed by atoms with Crippen LogP contribution in [0.3, 0.4) is 0 Å². The quantitative estimate of drug-likeness (QED) is 0.288. The molecular weight excluding hydrogens is 583 g/mol. The standard InChI is InChI=1S/C34H36F3N5O3/c1-22(23-6-3-2-4-7-23)38-33(44)30-27(21-41-14-12-26(13-15-41)42-16-18-45-19-17-42)31(39-28-10-11-29(43)40-32(28)30)24-8-5-9-25(20-24)34(35,36)37/h2-11,20,22,26H,12-19,21H2,1H3,(H,38,44)(H,40,43). The highest BCUT2D eigenvalue weighted by molar-refractivity contribution is 6.07. The molecule has 8 nitrogen and oxygen atoms in total. The van der Waals surface area contributed by atoms with E-state index in [0.29, 0.717) is 17.1 Å². The number of nitrogens with zero attached hydrogens (tertiary/aromatic N) is 3. The fourth-order valence-electron chi connectivity index (χ4n) is 6.40. The first kappa shape index (κ1) is 30.9. The molecule has 2 fully saturated rings. The van der Waals surface area contributed by atoms with Gasteiger partial charge in [-0.2, -0.15) is 13.2 Å². The summed E-state index contributed by atoms with van der Waals surface area (Å²) in [5.41, 5.74) is 1.48. The van der Waals surface area contributed by atoms with Crippen LogP contribution in [-0.2, 0) is 17.5 Å².